The van der Waals surface area contributed by atoms with E-state index in [-0.39, 0.29) is 23.3 Å². The summed E-state index contributed by atoms with van der Waals surface area (Å²) in [5, 5.41) is 10.7. The first-order chi connectivity index (χ1) is 14.1. The highest BCUT2D eigenvalue weighted by Gasteiger charge is 2.51. The van der Waals surface area contributed by atoms with E-state index in [1.165, 1.54) is 0 Å². The third-order valence-corrected chi connectivity index (χ3v) is 6.09. The summed E-state index contributed by atoms with van der Waals surface area (Å²) >= 11 is 0. The molecule has 0 saturated heterocycles. The first-order valence-corrected chi connectivity index (χ1v) is 9.84. The van der Waals surface area contributed by atoms with Gasteiger partial charge in [-0.1, -0.05) is 24.6 Å². The molecule has 2 aromatic heterocycles. The largest absolute Gasteiger partial charge is 0.471 e. The molecule has 3 heterocycles. The van der Waals surface area contributed by atoms with Crippen LogP contribution in [-0.4, -0.2) is 38.2 Å². The van der Waals surface area contributed by atoms with Gasteiger partial charge in [0.05, 0.1) is 11.1 Å². The van der Waals surface area contributed by atoms with Gasteiger partial charge in [0.15, 0.2) is 5.69 Å². The van der Waals surface area contributed by atoms with Gasteiger partial charge in [0, 0.05) is 24.3 Å². The number of ether oxygens (including phenoxy) is 1. The minimum absolute atomic E-state index is 0.0880. The smallest absolute Gasteiger partial charge is 0.328 e. The average Bonchev–Trinajstić information content (AvgIpc) is 3.26. The molecule has 1 aromatic carbocycles. The summed E-state index contributed by atoms with van der Waals surface area (Å²) in [5.74, 6) is -0.0711. The molecule has 150 valence electrons. The Balaban J connectivity index is 1.34. The Hall–Kier alpha value is -3.36. The number of fused-ring (bicyclic) bond motifs is 4. The Bertz CT molecular complexity index is 1210. The summed E-state index contributed by atoms with van der Waals surface area (Å²) in [6, 6.07) is 7.46. The van der Waals surface area contributed by atoms with Gasteiger partial charge in [-0.15, -0.1) is 0 Å². The number of hydrogen-bond acceptors (Lipinski definition) is 5. The van der Waals surface area contributed by atoms with Crippen LogP contribution >= 0.6 is 0 Å². The van der Waals surface area contributed by atoms with Crippen molar-refractivity contribution in [3.05, 3.63) is 56.4 Å². The van der Waals surface area contributed by atoms with Gasteiger partial charge in [-0.3, -0.25) is 24.7 Å². The number of hydrogen-bond donors (Lipinski definition) is 4. The van der Waals surface area contributed by atoms with E-state index in [1.807, 2.05) is 24.3 Å². The number of benzene rings is 1. The van der Waals surface area contributed by atoms with Crippen molar-refractivity contribution < 1.29 is 9.53 Å². The van der Waals surface area contributed by atoms with E-state index in [4.69, 9.17) is 4.74 Å². The van der Waals surface area contributed by atoms with Gasteiger partial charge in [0.25, 0.3) is 11.5 Å². The van der Waals surface area contributed by atoms with Gasteiger partial charge in [-0.05, 0) is 25.3 Å². The zero-order valence-corrected chi connectivity index (χ0v) is 15.7. The molecule has 0 unspecified atom stereocenters. The number of para-hydroxylation sites is 1. The average molecular weight is 395 g/mol. The first kappa shape index (κ1) is 17.7. The van der Waals surface area contributed by atoms with Crippen molar-refractivity contribution in [1.82, 2.24) is 25.5 Å². The minimum atomic E-state index is -0.585. The molecule has 5 rings (SSSR count). The Labute approximate surface area is 164 Å². The third-order valence-electron chi connectivity index (χ3n) is 6.09. The molecule has 1 aliphatic carbocycles. The number of H-pyrrole nitrogens is 3. The van der Waals surface area contributed by atoms with Gasteiger partial charge < -0.3 is 10.1 Å². The molecule has 1 fully saturated rings. The zero-order valence-electron chi connectivity index (χ0n) is 15.7. The highest BCUT2D eigenvalue weighted by Crippen LogP contribution is 2.51. The van der Waals surface area contributed by atoms with Gasteiger partial charge in [-0.2, -0.15) is 5.10 Å². The maximum atomic E-state index is 12.6. The molecule has 0 bridgehead atoms. The summed E-state index contributed by atoms with van der Waals surface area (Å²) in [7, 11) is 0. The molecule has 2 atom stereocenters. The first-order valence-electron chi connectivity index (χ1n) is 9.84. The van der Waals surface area contributed by atoms with E-state index in [0.717, 1.165) is 36.6 Å². The Morgan fingerprint density at radius 3 is 3.00 bits per heavy atom. The fourth-order valence-corrected chi connectivity index (χ4v) is 4.77. The number of nitrogens with zero attached hydrogens (tertiary/aromatic N) is 1. The van der Waals surface area contributed by atoms with E-state index in [1.54, 1.807) is 0 Å². The summed E-state index contributed by atoms with van der Waals surface area (Å²) < 4.78 is 6.15. The third kappa shape index (κ3) is 2.84. The number of carbonyl (C=O) groups excluding carboxylic acids is 1. The van der Waals surface area contributed by atoms with E-state index in [0.29, 0.717) is 24.2 Å². The molecule has 1 amide bonds. The predicted molar refractivity (Wildman–Crippen MR) is 105 cm³/mol. The van der Waals surface area contributed by atoms with Crippen LogP contribution in [0.25, 0.3) is 10.9 Å². The molecule has 1 saturated carbocycles. The number of amides is 1. The molecule has 0 spiro atoms. The lowest BCUT2D eigenvalue weighted by atomic mass is 9.72. The normalized spacial score (nSPS) is 22.7. The van der Waals surface area contributed by atoms with Crippen molar-refractivity contribution in [2.75, 3.05) is 6.54 Å². The van der Waals surface area contributed by atoms with Gasteiger partial charge in [0.1, 0.15) is 5.60 Å². The van der Waals surface area contributed by atoms with E-state index >= 15 is 0 Å². The monoisotopic (exact) mass is 395 g/mol. The van der Waals surface area contributed by atoms with Crippen molar-refractivity contribution in [2.45, 2.75) is 43.6 Å². The van der Waals surface area contributed by atoms with Crippen molar-refractivity contribution in [3.63, 3.8) is 0 Å². The van der Waals surface area contributed by atoms with Gasteiger partial charge >= 0.3 is 5.69 Å². The maximum absolute atomic E-state index is 12.6. The fourth-order valence-electron chi connectivity index (χ4n) is 4.77. The van der Waals surface area contributed by atoms with Crippen LogP contribution in [0, 0.1) is 0 Å². The zero-order chi connectivity index (χ0) is 20.0. The van der Waals surface area contributed by atoms with Crippen LogP contribution in [0.5, 0.6) is 5.88 Å². The van der Waals surface area contributed by atoms with Crippen molar-refractivity contribution >= 4 is 16.8 Å². The minimum Gasteiger partial charge on any atom is -0.471 e. The van der Waals surface area contributed by atoms with Crippen molar-refractivity contribution in [3.8, 4) is 5.88 Å². The van der Waals surface area contributed by atoms with E-state index in [9.17, 15) is 14.4 Å². The lowest BCUT2D eigenvalue weighted by molar-refractivity contribution is 0.0245. The number of nitrogens with one attached hydrogen (secondary N) is 4. The molecule has 9 nitrogen and oxygen atoms in total. The molecule has 29 heavy (non-hydrogen) atoms. The van der Waals surface area contributed by atoms with Gasteiger partial charge in [0.2, 0.25) is 5.88 Å². The van der Waals surface area contributed by atoms with Crippen LogP contribution in [0.2, 0.25) is 0 Å². The van der Waals surface area contributed by atoms with Crippen LogP contribution < -0.4 is 21.3 Å². The van der Waals surface area contributed by atoms with E-state index < -0.39 is 11.3 Å². The molecule has 3 aromatic rings. The number of aromatic amines is 3. The van der Waals surface area contributed by atoms with Gasteiger partial charge in [-0.25, -0.2) is 4.79 Å². The quantitative estimate of drug-likeness (QED) is 0.532. The van der Waals surface area contributed by atoms with Crippen molar-refractivity contribution in [2.24, 2.45) is 0 Å². The summed E-state index contributed by atoms with van der Waals surface area (Å²) in [6.45, 7) is 0.382. The molecule has 0 radical (unpaired) electrons. The summed E-state index contributed by atoms with van der Waals surface area (Å²) in [6.07, 6.45) is 4.11. The van der Waals surface area contributed by atoms with Crippen LogP contribution in [0.15, 0.2) is 33.9 Å². The second-order valence-electron chi connectivity index (χ2n) is 7.74. The molecular formula is C20H21N5O4. The highest BCUT2D eigenvalue weighted by molar-refractivity contribution is 6.04. The number of rotatable bonds is 4. The van der Waals surface area contributed by atoms with E-state index in [2.05, 4.69) is 25.5 Å². The SMILES string of the molecule is O=C(NCC[C@@]12CCCC[C@@H]1c1c([nH]c(=O)[nH]c1=O)O2)c1n[nH]c2ccccc12. The Kier molecular flexibility index (Phi) is 4.04. The summed E-state index contributed by atoms with van der Waals surface area (Å²) in [4.78, 5) is 41.5. The van der Waals surface area contributed by atoms with Crippen LogP contribution in [0.3, 0.4) is 0 Å². The van der Waals surface area contributed by atoms with Crippen molar-refractivity contribution in [1.29, 1.82) is 0 Å². The number of carbonyl (C=O) groups is 1. The fraction of sp³-hybridized carbons (Fsp3) is 0.400. The second kappa shape index (κ2) is 6.61. The standard InChI is InChI=1S/C20H21N5O4/c26-16-14-12-6-3-4-8-20(12,29-18(14)23-19(28)22-16)9-10-21-17(27)15-11-5-1-2-7-13(11)24-25-15/h1-2,5,7,12H,3-4,6,8-10H2,(H,21,27)(H,24,25)(H2,22,23,26,28)/t12-,20+/m1/s1. The van der Waals surface area contributed by atoms with Crippen LogP contribution in [-0.2, 0) is 0 Å². The molecule has 1 aliphatic heterocycles. The van der Waals surface area contributed by atoms with Crippen LogP contribution in [0.4, 0.5) is 0 Å². The number of aromatic nitrogens is 4. The molecular weight excluding hydrogens is 374 g/mol. The molecule has 2 aliphatic rings. The Morgan fingerprint density at radius 2 is 2.10 bits per heavy atom. The molecule has 9 heteroatoms. The Morgan fingerprint density at radius 1 is 1.24 bits per heavy atom. The maximum Gasteiger partial charge on any atom is 0.328 e. The topological polar surface area (TPSA) is 133 Å². The molecule has 4 N–H and O–H groups in total. The second-order valence-corrected chi connectivity index (χ2v) is 7.74. The van der Waals surface area contributed by atoms with Crippen LogP contribution in [0.1, 0.15) is 54.1 Å². The lowest BCUT2D eigenvalue weighted by Gasteiger charge is -2.38. The predicted octanol–water partition coefficient (Wildman–Crippen LogP) is 1.55. The highest BCUT2D eigenvalue weighted by atomic mass is 16.5. The summed E-state index contributed by atoms with van der Waals surface area (Å²) in [5.41, 5.74) is 0.148. The lowest BCUT2D eigenvalue weighted by Crippen LogP contribution is -2.44.